The monoisotopic (exact) mass is 201 g/mol. The first-order valence-corrected chi connectivity index (χ1v) is 3.86. The lowest BCUT2D eigenvalue weighted by atomic mass is 10.2. The molecule has 0 radical (unpaired) electrons. The first-order chi connectivity index (χ1) is 6.56. The molecule has 0 fully saturated rings. The van der Waals surface area contributed by atoms with E-state index in [-0.39, 0.29) is 11.3 Å². The van der Waals surface area contributed by atoms with Gasteiger partial charge < -0.3 is 4.74 Å². The number of hydrogen-bond acceptors (Lipinski definition) is 2. The van der Waals surface area contributed by atoms with Gasteiger partial charge in [0.15, 0.2) is 11.6 Å². The molecule has 0 aliphatic heterocycles. The molecule has 0 saturated carbocycles. The quantitative estimate of drug-likeness (QED) is 0.757. The predicted molar refractivity (Wildman–Crippen MR) is 47.1 cm³/mol. The predicted octanol–water partition coefficient (Wildman–Crippen LogP) is 2.45. The molecular weight excluding hydrogens is 192 g/mol. The van der Waals surface area contributed by atoms with Crippen molar-refractivity contribution < 1.29 is 18.3 Å². The number of aryl methyl sites for hydroxylation is 1. The molecule has 0 aromatic heterocycles. The van der Waals surface area contributed by atoms with Crippen LogP contribution in [0.25, 0.3) is 0 Å². The van der Waals surface area contributed by atoms with Gasteiger partial charge in [0.1, 0.15) is 0 Å². The number of nitrogens with one attached hydrogen (secondary N) is 1. The van der Waals surface area contributed by atoms with E-state index in [4.69, 9.17) is 0 Å². The third-order valence-electron chi connectivity index (χ3n) is 1.70. The summed E-state index contributed by atoms with van der Waals surface area (Å²) in [6.07, 6.45) is -0.841. The summed E-state index contributed by atoms with van der Waals surface area (Å²) in [6.45, 7) is 1.43. The maximum absolute atomic E-state index is 13.1. The summed E-state index contributed by atoms with van der Waals surface area (Å²) in [6, 6.07) is 2.63. The Morgan fingerprint density at radius 1 is 1.36 bits per heavy atom. The van der Waals surface area contributed by atoms with Gasteiger partial charge in [-0.05, 0) is 18.6 Å². The van der Waals surface area contributed by atoms with Crippen LogP contribution in [-0.2, 0) is 4.74 Å². The smallest absolute Gasteiger partial charge is 0.411 e. The Hall–Kier alpha value is -1.65. The second-order valence-corrected chi connectivity index (χ2v) is 2.67. The number of halogens is 2. The van der Waals surface area contributed by atoms with Crippen LogP contribution in [0.3, 0.4) is 0 Å². The topological polar surface area (TPSA) is 38.3 Å². The minimum atomic E-state index is -1.09. The van der Waals surface area contributed by atoms with Gasteiger partial charge in [-0.15, -0.1) is 0 Å². The van der Waals surface area contributed by atoms with Gasteiger partial charge in [-0.3, -0.25) is 5.32 Å². The fourth-order valence-corrected chi connectivity index (χ4v) is 0.904. The standard InChI is InChI=1S/C9H9F2NO2/c1-5-3-4-6(8(11)7(5)10)12-9(13)14-2/h3-4H,1-2H3,(H,12,13). The minimum Gasteiger partial charge on any atom is -0.453 e. The summed E-state index contributed by atoms with van der Waals surface area (Å²) >= 11 is 0. The number of rotatable bonds is 1. The average Bonchev–Trinajstić information content (AvgIpc) is 2.19. The van der Waals surface area contributed by atoms with Crippen molar-refractivity contribution in [3.05, 3.63) is 29.3 Å². The van der Waals surface area contributed by atoms with Crippen LogP contribution < -0.4 is 5.32 Å². The Morgan fingerprint density at radius 2 is 2.00 bits per heavy atom. The number of ether oxygens (including phenoxy) is 1. The number of carbonyl (C=O) groups is 1. The molecule has 0 atom stereocenters. The van der Waals surface area contributed by atoms with Crippen molar-refractivity contribution in [1.29, 1.82) is 0 Å². The van der Waals surface area contributed by atoms with Crippen LogP contribution in [0.5, 0.6) is 0 Å². The molecule has 0 bridgehead atoms. The first-order valence-electron chi connectivity index (χ1n) is 3.86. The van der Waals surface area contributed by atoms with Crippen molar-refractivity contribution in [3.63, 3.8) is 0 Å². The minimum absolute atomic E-state index is 0.179. The van der Waals surface area contributed by atoms with Gasteiger partial charge in [-0.25, -0.2) is 13.6 Å². The summed E-state index contributed by atoms with van der Waals surface area (Å²) in [4.78, 5) is 10.7. The maximum Gasteiger partial charge on any atom is 0.411 e. The second-order valence-electron chi connectivity index (χ2n) is 2.67. The molecule has 0 unspecified atom stereocenters. The van der Waals surface area contributed by atoms with Crippen molar-refractivity contribution >= 4 is 11.8 Å². The number of carbonyl (C=O) groups excluding carboxylic acids is 1. The second kappa shape index (κ2) is 4.04. The molecule has 76 valence electrons. The zero-order valence-electron chi connectivity index (χ0n) is 7.73. The normalized spacial score (nSPS) is 9.71. The highest BCUT2D eigenvalue weighted by Crippen LogP contribution is 2.19. The third-order valence-corrected chi connectivity index (χ3v) is 1.70. The Morgan fingerprint density at radius 3 is 2.57 bits per heavy atom. The molecule has 1 aromatic rings. The molecule has 1 rings (SSSR count). The number of amides is 1. The number of hydrogen-bond donors (Lipinski definition) is 1. The molecule has 1 aromatic carbocycles. The molecule has 3 nitrogen and oxygen atoms in total. The van der Waals surface area contributed by atoms with Crippen molar-refractivity contribution in [2.75, 3.05) is 12.4 Å². The molecule has 1 amide bonds. The molecule has 0 aliphatic rings. The summed E-state index contributed by atoms with van der Waals surface area (Å²) in [5, 5.41) is 2.05. The maximum atomic E-state index is 13.1. The van der Waals surface area contributed by atoms with Gasteiger partial charge in [0, 0.05) is 0 Å². The Bertz CT molecular complexity index is 366. The molecule has 0 saturated heterocycles. The summed E-state index contributed by atoms with van der Waals surface area (Å²) < 4.78 is 30.3. The molecule has 0 aliphatic carbocycles. The van der Waals surface area contributed by atoms with Crippen molar-refractivity contribution in [3.8, 4) is 0 Å². The van der Waals surface area contributed by atoms with Gasteiger partial charge in [0.25, 0.3) is 0 Å². The number of anilines is 1. The van der Waals surface area contributed by atoms with E-state index in [9.17, 15) is 13.6 Å². The first kappa shape index (κ1) is 10.4. The van der Waals surface area contributed by atoms with Crippen molar-refractivity contribution in [2.24, 2.45) is 0 Å². The lowest BCUT2D eigenvalue weighted by molar-refractivity contribution is 0.186. The zero-order chi connectivity index (χ0) is 10.7. The van der Waals surface area contributed by atoms with Gasteiger partial charge in [-0.1, -0.05) is 6.07 Å². The lowest BCUT2D eigenvalue weighted by Gasteiger charge is -2.06. The van der Waals surface area contributed by atoms with Gasteiger partial charge in [-0.2, -0.15) is 0 Å². The van der Waals surface area contributed by atoms with E-state index in [1.54, 1.807) is 0 Å². The largest absolute Gasteiger partial charge is 0.453 e. The van der Waals surface area contributed by atoms with Gasteiger partial charge in [0.05, 0.1) is 12.8 Å². The fraction of sp³-hybridized carbons (Fsp3) is 0.222. The number of benzene rings is 1. The Labute approximate surface area is 79.7 Å². The number of methoxy groups -OCH3 is 1. The molecular formula is C9H9F2NO2. The average molecular weight is 201 g/mol. The fourth-order valence-electron chi connectivity index (χ4n) is 0.904. The van der Waals surface area contributed by atoms with Crippen LogP contribution in [0.4, 0.5) is 19.3 Å². The molecule has 14 heavy (non-hydrogen) atoms. The van der Waals surface area contributed by atoms with Crippen molar-refractivity contribution in [2.45, 2.75) is 6.92 Å². The van der Waals surface area contributed by atoms with Crippen LogP contribution in [-0.4, -0.2) is 13.2 Å². The van der Waals surface area contributed by atoms with Crippen LogP contribution in [0.1, 0.15) is 5.56 Å². The van der Waals surface area contributed by atoms with Crippen LogP contribution in [0, 0.1) is 18.6 Å². The summed E-state index contributed by atoms with van der Waals surface area (Å²) in [7, 11) is 1.14. The summed E-state index contributed by atoms with van der Waals surface area (Å²) in [5.41, 5.74) is -0.0575. The highest BCUT2D eigenvalue weighted by molar-refractivity contribution is 5.84. The Kier molecular flexibility index (Phi) is 3.01. The van der Waals surface area contributed by atoms with Crippen LogP contribution in [0.2, 0.25) is 0 Å². The van der Waals surface area contributed by atoms with E-state index < -0.39 is 17.7 Å². The van der Waals surface area contributed by atoms with Gasteiger partial charge in [0.2, 0.25) is 0 Å². The van der Waals surface area contributed by atoms with Gasteiger partial charge >= 0.3 is 6.09 Å². The lowest BCUT2D eigenvalue weighted by Crippen LogP contribution is -2.12. The highest BCUT2D eigenvalue weighted by atomic mass is 19.2. The molecule has 5 heteroatoms. The zero-order valence-corrected chi connectivity index (χ0v) is 7.73. The SMILES string of the molecule is COC(=O)Nc1ccc(C)c(F)c1F. The van der Waals surface area contributed by atoms with E-state index >= 15 is 0 Å². The molecule has 0 heterocycles. The summed E-state index contributed by atoms with van der Waals surface area (Å²) in [5.74, 6) is -2.06. The highest BCUT2D eigenvalue weighted by Gasteiger charge is 2.12. The van der Waals surface area contributed by atoms with E-state index in [1.807, 2.05) is 0 Å². The van der Waals surface area contributed by atoms with E-state index in [0.29, 0.717) is 0 Å². The van der Waals surface area contributed by atoms with Crippen molar-refractivity contribution in [1.82, 2.24) is 0 Å². The Balaban J connectivity index is 3.00. The third kappa shape index (κ3) is 1.99. The van der Waals surface area contributed by atoms with E-state index in [0.717, 1.165) is 7.11 Å². The molecule has 0 spiro atoms. The van der Waals surface area contributed by atoms with E-state index in [2.05, 4.69) is 10.1 Å². The van der Waals surface area contributed by atoms with E-state index in [1.165, 1.54) is 19.1 Å². The van der Waals surface area contributed by atoms with Crippen LogP contribution >= 0.6 is 0 Å². The van der Waals surface area contributed by atoms with Crippen LogP contribution in [0.15, 0.2) is 12.1 Å². The molecule has 1 N–H and O–H groups in total.